The standard InChI is InChI=1S/C19H21F3N4O.HI/c1-23-18(25-12-11-24-17(27)15-5-3-2-4-6-15)26-13-14-7-9-16(10-8-14)19(20,21)22;/h2-10H,11-13H2,1H3,(H,24,27)(H2,23,25,26);1H. The summed E-state index contributed by atoms with van der Waals surface area (Å²) in [7, 11) is 1.59. The van der Waals surface area contributed by atoms with Gasteiger partial charge in [0.15, 0.2) is 5.96 Å². The van der Waals surface area contributed by atoms with Crippen LogP contribution < -0.4 is 16.0 Å². The van der Waals surface area contributed by atoms with E-state index in [1.807, 2.05) is 6.07 Å². The minimum atomic E-state index is -4.34. The van der Waals surface area contributed by atoms with E-state index < -0.39 is 11.7 Å². The van der Waals surface area contributed by atoms with E-state index >= 15 is 0 Å². The number of guanidine groups is 1. The van der Waals surface area contributed by atoms with Gasteiger partial charge in [-0.3, -0.25) is 9.79 Å². The molecule has 0 bridgehead atoms. The summed E-state index contributed by atoms with van der Waals surface area (Å²) in [6.07, 6.45) is -4.34. The Morgan fingerprint density at radius 1 is 0.929 bits per heavy atom. The van der Waals surface area contributed by atoms with Crippen LogP contribution in [0, 0.1) is 0 Å². The lowest BCUT2D eigenvalue weighted by atomic mass is 10.1. The molecule has 2 aromatic rings. The molecule has 0 aromatic heterocycles. The number of hydrogen-bond donors (Lipinski definition) is 3. The summed E-state index contributed by atoms with van der Waals surface area (Å²) < 4.78 is 37.7. The van der Waals surface area contributed by atoms with Crippen molar-refractivity contribution in [2.45, 2.75) is 12.7 Å². The average Bonchev–Trinajstić information content (AvgIpc) is 2.67. The number of alkyl halides is 3. The van der Waals surface area contributed by atoms with Crippen molar-refractivity contribution in [3.05, 3.63) is 71.3 Å². The molecule has 9 heteroatoms. The molecule has 152 valence electrons. The maximum atomic E-state index is 12.6. The summed E-state index contributed by atoms with van der Waals surface area (Å²) in [4.78, 5) is 15.9. The van der Waals surface area contributed by atoms with Crippen LogP contribution in [-0.4, -0.2) is 32.0 Å². The molecule has 3 N–H and O–H groups in total. The molecule has 0 saturated carbocycles. The third kappa shape index (κ3) is 7.75. The van der Waals surface area contributed by atoms with Gasteiger partial charge in [0.05, 0.1) is 5.56 Å². The van der Waals surface area contributed by atoms with Gasteiger partial charge < -0.3 is 16.0 Å². The normalized spacial score (nSPS) is 11.4. The molecule has 5 nitrogen and oxygen atoms in total. The minimum Gasteiger partial charge on any atom is -0.355 e. The molecule has 0 aliphatic carbocycles. The van der Waals surface area contributed by atoms with Crippen LogP contribution >= 0.6 is 24.0 Å². The van der Waals surface area contributed by atoms with Crippen LogP contribution in [0.5, 0.6) is 0 Å². The zero-order valence-corrected chi connectivity index (χ0v) is 17.5. The quantitative estimate of drug-likeness (QED) is 0.244. The van der Waals surface area contributed by atoms with Gasteiger partial charge in [-0.2, -0.15) is 13.2 Å². The average molecular weight is 506 g/mol. The van der Waals surface area contributed by atoms with Crippen molar-refractivity contribution in [2.75, 3.05) is 20.1 Å². The Morgan fingerprint density at radius 2 is 1.54 bits per heavy atom. The molecule has 0 heterocycles. The molecule has 0 radical (unpaired) electrons. The molecule has 0 unspecified atom stereocenters. The number of nitrogens with one attached hydrogen (secondary N) is 3. The van der Waals surface area contributed by atoms with Crippen LogP contribution in [0.3, 0.4) is 0 Å². The lowest BCUT2D eigenvalue weighted by Crippen LogP contribution is -2.41. The first-order valence-electron chi connectivity index (χ1n) is 8.34. The second-order valence-corrected chi connectivity index (χ2v) is 5.67. The molecule has 2 aromatic carbocycles. The highest BCUT2D eigenvalue weighted by Crippen LogP contribution is 2.28. The Labute approximate surface area is 178 Å². The van der Waals surface area contributed by atoms with Crippen LogP contribution in [0.25, 0.3) is 0 Å². The van der Waals surface area contributed by atoms with E-state index in [-0.39, 0.29) is 29.9 Å². The SMILES string of the molecule is CN=C(NCCNC(=O)c1ccccc1)NCc1ccc(C(F)(F)F)cc1.I. The van der Waals surface area contributed by atoms with Crippen molar-refractivity contribution in [3.63, 3.8) is 0 Å². The van der Waals surface area contributed by atoms with E-state index in [0.29, 0.717) is 36.7 Å². The van der Waals surface area contributed by atoms with Gasteiger partial charge >= 0.3 is 6.18 Å². The van der Waals surface area contributed by atoms with Crippen LogP contribution in [0.15, 0.2) is 59.6 Å². The van der Waals surface area contributed by atoms with E-state index in [2.05, 4.69) is 20.9 Å². The third-order valence-corrected chi connectivity index (χ3v) is 3.70. The van der Waals surface area contributed by atoms with Crippen molar-refractivity contribution in [1.29, 1.82) is 0 Å². The van der Waals surface area contributed by atoms with Crippen LogP contribution in [-0.2, 0) is 12.7 Å². The second kappa shape index (κ2) is 11.5. The molecular formula is C19H22F3IN4O. The van der Waals surface area contributed by atoms with E-state index in [4.69, 9.17) is 0 Å². The smallest absolute Gasteiger partial charge is 0.355 e. The maximum absolute atomic E-state index is 12.6. The third-order valence-electron chi connectivity index (χ3n) is 3.70. The monoisotopic (exact) mass is 506 g/mol. The van der Waals surface area contributed by atoms with Gasteiger partial charge in [-0.1, -0.05) is 30.3 Å². The topological polar surface area (TPSA) is 65.5 Å². The highest BCUT2D eigenvalue weighted by atomic mass is 127. The van der Waals surface area contributed by atoms with E-state index in [0.717, 1.165) is 12.1 Å². The van der Waals surface area contributed by atoms with Crippen LogP contribution in [0.1, 0.15) is 21.5 Å². The first-order chi connectivity index (χ1) is 12.9. The number of benzene rings is 2. The predicted molar refractivity (Wildman–Crippen MR) is 114 cm³/mol. The maximum Gasteiger partial charge on any atom is 0.416 e. The minimum absolute atomic E-state index is 0. The molecule has 0 spiro atoms. The number of aliphatic imine (C=N–C) groups is 1. The molecule has 0 saturated heterocycles. The van der Waals surface area contributed by atoms with E-state index in [1.54, 1.807) is 31.3 Å². The van der Waals surface area contributed by atoms with E-state index in [1.165, 1.54) is 12.1 Å². The molecule has 0 fully saturated rings. The first-order valence-corrected chi connectivity index (χ1v) is 8.34. The molecule has 0 aliphatic rings. The van der Waals surface area contributed by atoms with Crippen LogP contribution in [0.2, 0.25) is 0 Å². The Bertz CT molecular complexity index is 765. The summed E-state index contributed by atoms with van der Waals surface area (Å²) in [5, 5.41) is 8.82. The summed E-state index contributed by atoms with van der Waals surface area (Å²) >= 11 is 0. The van der Waals surface area contributed by atoms with Gasteiger partial charge in [-0.05, 0) is 29.8 Å². The Kier molecular flexibility index (Phi) is 9.77. The van der Waals surface area contributed by atoms with Crippen molar-refractivity contribution >= 4 is 35.8 Å². The lowest BCUT2D eigenvalue weighted by molar-refractivity contribution is -0.137. The van der Waals surface area contributed by atoms with Crippen molar-refractivity contribution in [1.82, 2.24) is 16.0 Å². The second-order valence-electron chi connectivity index (χ2n) is 5.67. The molecule has 28 heavy (non-hydrogen) atoms. The van der Waals surface area contributed by atoms with E-state index in [9.17, 15) is 18.0 Å². The fourth-order valence-electron chi connectivity index (χ4n) is 2.27. The lowest BCUT2D eigenvalue weighted by Gasteiger charge is -2.13. The predicted octanol–water partition coefficient (Wildman–Crippen LogP) is 3.42. The highest BCUT2D eigenvalue weighted by Gasteiger charge is 2.29. The number of carbonyl (C=O) groups is 1. The number of carbonyl (C=O) groups excluding carboxylic acids is 1. The number of halogens is 4. The number of nitrogens with zero attached hydrogens (tertiary/aromatic N) is 1. The zero-order chi connectivity index (χ0) is 19.7. The van der Waals surface area contributed by atoms with Crippen LogP contribution in [0.4, 0.5) is 13.2 Å². The Hall–Kier alpha value is -2.30. The number of amides is 1. The summed E-state index contributed by atoms with van der Waals surface area (Å²) in [6.45, 7) is 1.17. The molecule has 0 aliphatic heterocycles. The van der Waals surface area contributed by atoms with Gasteiger partial charge in [0.2, 0.25) is 0 Å². The Balaban J connectivity index is 0.00000392. The molecular weight excluding hydrogens is 484 g/mol. The molecule has 1 amide bonds. The first kappa shape index (κ1) is 23.7. The van der Waals surface area contributed by atoms with Crippen molar-refractivity contribution in [3.8, 4) is 0 Å². The van der Waals surface area contributed by atoms with Gasteiger partial charge in [-0.15, -0.1) is 24.0 Å². The number of rotatable bonds is 6. The summed E-state index contributed by atoms with van der Waals surface area (Å²) in [5.74, 6) is 0.328. The zero-order valence-electron chi connectivity index (χ0n) is 15.2. The largest absolute Gasteiger partial charge is 0.416 e. The van der Waals surface area contributed by atoms with Gasteiger partial charge in [0, 0.05) is 32.2 Å². The fraction of sp³-hybridized carbons (Fsp3) is 0.263. The summed E-state index contributed by atoms with van der Waals surface area (Å²) in [6, 6.07) is 13.8. The number of hydrogen-bond acceptors (Lipinski definition) is 2. The Morgan fingerprint density at radius 3 is 2.11 bits per heavy atom. The summed E-state index contributed by atoms with van der Waals surface area (Å²) in [5.41, 5.74) is 0.605. The van der Waals surface area contributed by atoms with Crippen molar-refractivity contribution < 1.29 is 18.0 Å². The van der Waals surface area contributed by atoms with Crippen molar-refractivity contribution in [2.24, 2.45) is 4.99 Å². The van der Waals surface area contributed by atoms with Gasteiger partial charge in [0.25, 0.3) is 5.91 Å². The fourth-order valence-corrected chi connectivity index (χ4v) is 2.27. The molecule has 0 atom stereocenters. The van der Waals surface area contributed by atoms with Gasteiger partial charge in [0.1, 0.15) is 0 Å². The highest BCUT2D eigenvalue weighted by molar-refractivity contribution is 14.0. The van der Waals surface area contributed by atoms with Gasteiger partial charge in [-0.25, -0.2) is 0 Å². The molecule has 2 rings (SSSR count).